The van der Waals surface area contributed by atoms with Gasteiger partial charge in [0.25, 0.3) is 0 Å². The number of halogens is 2. The second kappa shape index (κ2) is 6.89. The molecule has 0 saturated carbocycles. The first-order valence-electron chi connectivity index (χ1n) is 5.68. The van der Waals surface area contributed by atoms with Crippen LogP contribution < -0.4 is 5.32 Å². The van der Waals surface area contributed by atoms with Gasteiger partial charge in [-0.15, -0.1) is 22.9 Å². The summed E-state index contributed by atoms with van der Waals surface area (Å²) in [5.41, 5.74) is 1.82. The van der Waals surface area contributed by atoms with Crippen molar-refractivity contribution in [1.29, 1.82) is 0 Å². The molecule has 0 unspecified atom stereocenters. The van der Waals surface area contributed by atoms with E-state index in [9.17, 15) is 4.79 Å². The van der Waals surface area contributed by atoms with Gasteiger partial charge in [0.2, 0.25) is 5.91 Å². The van der Waals surface area contributed by atoms with Gasteiger partial charge in [0.05, 0.1) is 18.0 Å². The van der Waals surface area contributed by atoms with Gasteiger partial charge in [-0.1, -0.05) is 23.7 Å². The highest BCUT2D eigenvalue weighted by atomic mass is 35.5. The third kappa shape index (κ3) is 4.49. The number of nitrogens with one attached hydrogen (secondary N) is 1. The predicted octanol–water partition coefficient (Wildman–Crippen LogP) is 3.39. The molecule has 0 fully saturated rings. The zero-order valence-corrected chi connectivity index (χ0v) is 12.4. The van der Waals surface area contributed by atoms with Crippen LogP contribution in [0.1, 0.15) is 16.3 Å². The van der Waals surface area contributed by atoms with E-state index < -0.39 is 0 Å². The standard InChI is InChI=1S/C13H12Cl2N2OS/c14-6-11-8-19-13(17-11)5-12(18)16-7-9-1-3-10(15)4-2-9/h1-4,8H,5-7H2,(H,16,18). The van der Waals surface area contributed by atoms with Crippen LogP contribution in [-0.2, 0) is 23.6 Å². The Morgan fingerprint density at radius 1 is 1.32 bits per heavy atom. The molecule has 1 aromatic carbocycles. The Labute approximate surface area is 125 Å². The Morgan fingerprint density at radius 3 is 2.68 bits per heavy atom. The van der Waals surface area contributed by atoms with E-state index in [0.29, 0.717) is 17.4 Å². The molecule has 0 aliphatic rings. The van der Waals surface area contributed by atoms with Gasteiger partial charge < -0.3 is 5.32 Å². The van der Waals surface area contributed by atoms with Crippen molar-refractivity contribution in [3.05, 3.63) is 50.9 Å². The Balaban J connectivity index is 1.82. The summed E-state index contributed by atoms with van der Waals surface area (Å²) in [5, 5.41) is 6.18. The largest absolute Gasteiger partial charge is 0.352 e. The van der Waals surface area contributed by atoms with E-state index in [1.54, 1.807) is 12.1 Å². The summed E-state index contributed by atoms with van der Waals surface area (Å²) < 4.78 is 0. The van der Waals surface area contributed by atoms with E-state index in [1.807, 2.05) is 17.5 Å². The number of nitrogens with zero attached hydrogens (tertiary/aromatic N) is 1. The topological polar surface area (TPSA) is 42.0 Å². The zero-order valence-electron chi connectivity index (χ0n) is 10.0. The monoisotopic (exact) mass is 314 g/mol. The molecule has 19 heavy (non-hydrogen) atoms. The van der Waals surface area contributed by atoms with Gasteiger partial charge in [0.15, 0.2) is 0 Å². The molecule has 3 nitrogen and oxygen atoms in total. The molecule has 1 amide bonds. The maximum atomic E-state index is 11.7. The maximum Gasteiger partial charge on any atom is 0.227 e. The molecule has 0 bridgehead atoms. The fourth-order valence-corrected chi connectivity index (χ4v) is 2.64. The van der Waals surface area contributed by atoms with Crippen LogP contribution >= 0.6 is 34.5 Å². The third-order valence-corrected chi connectivity index (χ3v) is 3.87. The molecular formula is C13H12Cl2N2OS. The molecule has 6 heteroatoms. The molecule has 1 aromatic heterocycles. The number of carbonyl (C=O) groups excluding carboxylic acids is 1. The summed E-state index contributed by atoms with van der Waals surface area (Å²) in [5.74, 6) is 0.327. The fourth-order valence-electron chi connectivity index (χ4n) is 1.49. The van der Waals surface area contributed by atoms with Crippen molar-refractivity contribution in [3.8, 4) is 0 Å². The number of hydrogen-bond donors (Lipinski definition) is 1. The molecule has 100 valence electrons. The molecule has 1 heterocycles. The van der Waals surface area contributed by atoms with E-state index in [4.69, 9.17) is 23.2 Å². The molecule has 0 radical (unpaired) electrons. The van der Waals surface area contributed by atoms with Crippen LogP contribution in [-0.4, -0.2) is 10.9 Å². The highest BCUT2D eigenvalue weighted by molar-refractivity contribution is 7.09. The minimum absolute atomic E-state index is 0.0505. The van der Waals surface area contributed by atoms with Crippen molar-refractivity contribution in [3.63, 3.8) is 0 Å². The summed E-state index contributed by atoms with van der Waals surface area (Å²) in [6, 6.07) is 7.38. The first-order valence-corrected chi connectivity index (χ1v) is 7.47. The average Bonchev–Trinajstić information content (AvgIpc) is 2.86. The number of hydrogen-bond acceptors (Lipinski definition) is 3. The fraction of sp³-hybridized carbons (Fsp3) is 0.231. The van der Waals surface area contributed by atoms with E-state index in [1.165, 1.54) is 11.3 Å². The van der Waals surface area contributed by atoms with Crippen LogP contribution in [0.3, 0.4) is 0 Å². The summed E-state index contributed by atoms with van der Waals surface area (Å²) >= 11 is 12.9. The highest BCUT2D eigenvalue weighted by Gasteiger charge is 2.07. The summed E-state index contributed by atoms with van der Waals surface area (Å²) in [6.07, 6.45) is 0.287. The van der Waals surface area contributed by atoms with Gasteiger partial charge in [-0.25, -0.2) is 4.98 Å². The van der Waals surface area contributed by atoms with Crippen molar-refractivity contribution >= 4 is 40.4 Å². The Hall–Kier alpha value is -1.10. The smallest absolute Gasteiger partial charge is 0.227 e. The number of benzene rings is 1. The van der Waals surface area contributed by atoms with Crippen molar-refractivity contribution < 1.29 is 4.79 Å². The van der Waals surface area contributed by atoms with E-state index >= 15 is 0 Å². The minimum Gasteiger partial charge on any atom is -0.352 e. The lowest BCUT2D eigenvalue weighted by Crippen LogP contribution is -2.24. The maximum absolute atomic E-state index is 11.7. The number of thiazole rings is 1. The van der Waals surface area contributed by atoms with Crippen LogP contribution in [0.5, 0.6) is 0 Å². The van der Waals surface area contributed by atoms with Gasteiger partial charge in [-0.3, -0.25) is 4.79 Å². The van der Waals surface area contributed by atoms with Crippen molar-refractivity contribution in [2.24, 2.45) is 0 Å². The molecule has 0 saturated heterocycles. The number of carbonyl (C=O) groups is 1. The Bertz CT molecular complexity index is 554. The molecule has 2 rings (SSSR count). The molecule has 0 aliphatic heterocycles. The average molecular weight is 315 g/mol. The van der Waals surface area contributed by atoms with Gasteiger partial charge in [0, 0.05) is 16.9 Å². The summed E-state index contributed by atoms with van der Waals surface area (Å²) in [6.45, 7) is 0.490. The summed E-state index contributed by atoms with van der Waals surface area (Å²) in [4.78, 5) is 16.0. The molecule has 0 atom stereocenters. The van der Waals surface area contributed by atoms with Gasteiger partial charge in [-0.2, -0.15) is 0 Å². The first kappa shape index (κ1) is 14.3. The molecule has 2 aromatic rings. The molecule has 0 spiro atoms. The molecule has 1 N–H and O–H groups in total. The Morgan fingerprint density at radius 2 is 2.05 bits per heavy atom. The minimum atomic E-state index is -0.0505. The van der Waals surface area contributed by atoms with E-state index in [0.717, 1.165) is 16.3 Å². The van der Waals surface area contributed by atoms with Crippen LogP contribution in [0, 0.1) is 0 Å². The predicted molar refractivity (Wildman–Crippen MR) is 78.7 cm³/mol. The number of rotatable bonds is 5. The SMILES string of the molecule is O=C(Cc1nc(CCl)cs1)NCc1ccc(Cl)cc1. The lowest BCUT2D eigenvalue weighted by atomic mass is 10.2. The molecule has 0 aliphatic carbocycles. The molecular weight excluding hydrogens is 303 g/mol. The van der Waals surface area contributed by atoms with Gasteiger partial charge >= 0.3 is 0 Å². The van der Waals surface area contributed by atoms with Crippen LogP contribution in [0.25, 0.3) is 0 Å². The Kier molecular flexibility index (Phi) is 5.19. The second-order valence-electron chi connectivity index (χ2n) is 3.95. The lowest BCUT2D eigenvalue weighted by Gasteiger charge is -2.04. The van der Waals surface area contributed by atoms with Crippen molar-refractivity contribution in [2.45, 2.75) is 18.8 Å². The normalized spacial score (nSPS) is 10.4. The number of alkyl halides is 1. The summed E-state index contributed by atoms with van der Waals surface area (Å²) in [7, 11) is 0. The van der Waals surface area contributed by atoms with E-state index in [2.05, 4.69) is 10.3 Å². The van der Waals surface area contributed by atoms with Gasteiger partial charge in [-0.05, 0) is 17.7 Å². The van der Waals surface area contributed by atoms with Crippen molar-refractivity contribution in [2.75, 3.05) is 0 Å². The lowest BCUT2D eigenvalue weighted by molar-refractivity contribution is -0.120. The van der Waals surface area contributed by atoms with Crippen molar-refractivity contribution in [1.82, 2.24) is 10.3 Å². The first-order chi connectivity index (χ1) is 9.17. The zero-order chi connectivity index (χ0) is 13.7. The quantitative estimate of drug-likeness (QED) is 0.859. The van der Waals surface area contributed by atoms with Crippen LogP contribution in [0.4, 0.5) is 0 Å². The van der Waals surface area contributed by atoms with Crippen LogP contribution in [0.2, 0.25) is 5.02 Å². The number of amides is 1. The third-order valence-electron chi connectivity index (χ3n) is 2.45. The van der Waals surface area contributed by atoms with E-state index in [-0.39, 0.29) is 12.3 Å². The van der Waals surface area contributed by atoms with Gasteiger partial charge in [0.1, 0.15) is 5.01 Å². The second-order valence-corrected chi connectivity index (χ2v) is 5.59. The highest BCUT2D eigenvalue weighted by Crippen LogP contribution is 2.12. The van der Waals surface area contributed by atoms with Crippen LogP contribution in [0.15, 0.2) is 29.6 Å². The number of aromatic nitrogens is 1.